The first-order valence-electron chi connectivity index (χ1n) is 14.8. The number of allylic oxidation sites excluding steroid dienone is 2. The normalized spacial score (nSPS) is 26.1. The molecule has 41 heavy (non-hydrogen) atoms. The van der Waals surface area contributed by atoms with Crippen LogP contribution in [-0.2, 0) is 25.5 Å². The molecule has 2 amide bonds. The molecule has 1 aliphatic carbocycles. The fraction of sp³-hybridized carbons (Fsp3) is 0.500. The van der Waals surface area contributed by atoms with E-state index in [-0.39, 0.29) is 17.7 Å². The lowest BCUT2D eigenvalue weighted by Gasteiger charge is -2.35. The Balaban J connectivity index is 1.44. The van der Waals surface area contributed by atoms with E-state index < -0.39 is 30.2 Å². The molecular formula is C32H41N5O4. The number of carbonyl (C=O) groups excluding carboxylic acids is 3. The summed E-state index contributed by atoms with van der Waals surface area (Å²) >= 11 is 0. The van der Waals surface area contributed by atoms with Gasteiger partial charge in [0.2, 0.25) is 5.91 Å². The van der Waals surface area contributed by atoms with Gasteiger partial charge < -0.3 is 15.4 Å². The highest BCUT2D eigenvalue weighted by atomic mass is 16.5. The van der Waals surface area contributed by atoms with E-state index in [1.54, 1.807) is 6.92 Å². The van der Waals surface area contributed by atoms with E-state index in [2.05, 4.69) is 22.1 Å². The molecule has 4 atom stereocenters. The summed E-state index contributed by atoms with van der Waals surface area (Å²) in [5.74, 6) is -0.886. The second-order valence-electron chi connectivity index (χ2n) is 11.7. The Morgan fingerprint density at radius 2 is 1.80 bits per heavy atom. The van der Waals surface area contributed by atoms with E-state index in [4.69, 9.17) is 9.72 Å². The van der Waals surface area contributed by atoms with Crippen LogP contribution in [-0.4, -0.2) is 52.4 Å². The van der Waals surface area contributed by atoms with Crippen molar-refractivity contribution in [2.24, 2.45) is 5.92 Å². The summed E-state index contributed by atoms with van der Waals surface area (Å²) in [6.45, 7) is 7.99. The Labute approximate surface area is 242 Å². The molecule has 1 aromatic carbocycles. The molecule has 0 radical (unpaired) electrons. The van der Waals surface area contributed by atoms with Crippen LogP contribution in [0.15, 0.2) is 53.9 Å². The quantitative estimate of drug-likeness (QED) is 0.454. The molecule has 9 nitrogen and oxygen atoms in total. The van der Waals surface area contributed by atoms with E-state index in [0.717, 1.165) is 53.8 Å². The third-order valence-electron chi connectivity index (χ3n) is 8.10. The van der Waals surface area contributed by atoms with Gasteiger partial charge in [0, 0.05) is 24.0 Å². The van der Waals surface area contributed by atoms with Crippen molar-refractivity contribution >= 4 is 17.8 Å². The Morgan fingerprint density at radius 1 is 1.00 bits per heavy atom. The number of nitrogens with one attached hydrogen (secondary N) is 3. The van der Waals surface area contributed by atoms with Gasteiger partial charge in [-0.25, -0.2) is 5.43 Å². The number of amides is 2. The second-order valence-corrected chi connectivity index (χ2v) is 11.7. The first-order chi connectivity index (χ1) is 19.7. The van der Waals surface area contributed by atoms with Crippen LogP contribution in [0.1, 0.15) is 77.0 Å². The summed E-state index contributed by atoms with van der Waals surface area (Å²) in [7, 11) is 0. The van der Waals surface area contributed by atoms with Gasteiger partial charge in [-0.15, -0.1) is 0 Å². The molecular weight excluding hydrogens is 518 g/mol. The van der Waals surface area contributed by atoms with Gasteiger partial charge in [-0.1, -0.05) is 43.7 Å². The highest BCUT2D eigenvalue weighted by Crippen LogP contribution is 2.33. The largest absolute Gasteiger partial charge is 0.457 e. The number of hydrazine groups is 1. The monoisotopic (exact) mass is 559 g/mol. The van der Waals surface area contributed by atoms with Gasteiger partial charge in [-0.2, -0.15) is 0 Å². The van der Waals surface area contributed by atoms with Crippen LogP contribution in [0.3, 0.4) is 0 Å². The smallest absolute Gasteiger partial charge is 0.325 e. The number of rotatable bonds is 1. The van der Waals surface area contributed by atoms with Gasteiger partial charge >= 0.3 is 5.97 Å². The van der Waals surface area contributed by atoms with Crippen molar-refractivity contribution in [3.63, 3.8) is 0 Å². The lowest BCUT2D eigenvalue weighted by Crippen LogP contribution is -2.60. The van der Waals surface area contributed by atoms with Gasteiger partial charge in [0.15, 0.2) is 0 Å². The highest BCUT2D eigenvalue weighted by molar-refractivity contribution is 5.90. The van der Waals surface area contributed by atoms with Crippen LogP contribution >= 0.6 is 0 Å². The van der Waals surface area contributed by atoms with Crippen molar-refractivity contribution in [2.75, 3.05) is 6.54 Å². The van der Waals surface area contributed by atoms with E-state index >= 15 is 0 Å². The van der Waals surface area contributed by atoms with Crippen LogP contribution in [0.2, 0.25) is 0 Å². The Hall–Kier alpha value is -3.72. The van der Waals surface area contributed by atoms with Crippen molar-refractivity contribution in [3.05, 3.63) is 65.0 Å². The molecule has 3 N–H and O–H groups in total. The molecule has 4 aliphatic rings. The zero-order valence-corrected chi connectivity index (χ0v) is 24.4. The molecule has 1 saturated heterocycles. The number of hydrogen-bond donors (Lipinski definition) is 3. The number of aryl methyl sites for hydroxylation is 1. The summed E-state index contributed by atoms with van der Waals surface area (Å²) in [5, 5.41) is 7.90. The lowest BCUT2D eigenvalue weighted by molar-refractivity contribution is -0.157. The number of fused-ring (bicyclic) bond motifs is 12. The molecule has 9 heteroatoms. The summed E-state index contributed by atoms with van der Waals surface area (Å²) in [5.41, 5.74) is 9.31. The van der Waals surface area contributed by atoms with Crippen LogP contribution in [0.4, 0.5) is 0 Å². The Morgan fingerprint density at radius 3 is 2.51 bits per heavy atom. The topological polar surface area (TPSA) is 113 Å². The van der Waals surface area contributed by atoms with E-state index in [9.17, 15) is 14.4 Å². The maximum absolute atomic E-state index is 13.4. The molecule has 2 aromatic rings. The summed E-state index contributed by atoms with van der Waals surface area (Å²) in [6, 6.07) is 10.1. The first kappa shape index (κ1) is 28.8. The van der Waals surface area contributed by atoms with Crippen LogP contribution in [0.5, 0.6) is 0 Å². The standard InChI is InChI=1S/C32H41N5O4/c1-19(2)29-30(38)34-20(3)31(39)37-16-6-9-28(36-37)32(40)41-21(4)24-7-5-8-25(17-24)26-14-10-22(18-33-26)11-15-27(35-29)23-12-13-23/h5,7-8,10,14,17-21,28-29,35-36H,6,9,11-13,15-16H2,1-4H3,(H,34,38)/t20-,21+,28-,29-/m0/s1. The number of benzene rings is 1. The number of carbonyl (C=O) groups is 3. The van der Waals surface area contributed by atoms with Crippen molar-refractivity contribution in [1.82, 2.24) is 26.1 Å². The average Bonchev–Trinajstić information content (AvgIpc) is 3.82. The van der Waals surface area contributed by atoms with Crippen molar-refractivity contribution in [2.45, 2.75) is 90.4 Å². The molecule has 4 heterocycles. The van der Waals surface area contributed by atoms with Gasteiger partial charge in [-0.05, 0) is 81.5 Å². The third kappa shape index (κ3) is 6.96. The molecule has 0 spiro atoms. The molecule has 0 unspecified atom stereocenters. The van der Waals surface area contributed by atoms with Crippen LogP contribution in [0.25, 0.3) is 11.3 Å². The fourth-order valence-electron chi connectivity index (χ4n) is 5.44. The molecule has 6 rings (SSSR count). The molecule has 2 fully saturated rings. The van der Waals surface area contributed by atoms with Gasteiger partial charge in [-0.3, -0.25) is 24.4 Å². The number of ether oxygens (including phenoxy) is 1. The number of nitrogens with zero attached hydrogens (tertiary/aromatic N) is 2. The average molecular weight is 560 g/mol. The van der Waals surface area contributed by atoms with Crippen LogP contribution in [0, 0.1) is 5.92 Å². The van der Waals surface area contributed by atoms with Gasteiger partial charge in [0.05, 0.1) is 5.69 Å². The van der Waals surface area contributed by atoms with Gasteiger partial charge in [0.1, 0.15) is 24.2 Å². The maximum Gasteiger partial charge on any atom is 0.325 e. The molecule has 218 valence electrons. The first-order valence-corrected chi connectivity index (χ1v) is 14.8. The number of pyridine rings is 1. The third-order valence-corrected chi connectivity index (χ3v) is 8.10. The van der Waals surface area contributed by atoms with Crippen molar-refractivity contribution < 1.29 is 19.1 Å². The number of esters is 1. The minimum Gasteiger partial charge on any atom is -0.457 e. The van der Waals surface area contributed by atoms with E-state index in [1.807, 2.05) is 57.3 Å². The highest BCUT2D eigenvalue weighted by Gasteiger charge is 2.34. The summed E-state index contributed by atoms with van der Waals surface area (Å²) < 4.78 is 5.83. The zero-order chi connectivity index (χ0) is 29.1. The second kappa shape index (κ2) is 12.4. The Bertz CT molecular complexity index is 1320. The lowest BCUT2D eigenvalue weighted by atomic mass is 10.0. The molecule has 3 aliphatic heterocycles. The van der Waals surface area contributed by atoms with E-state index in [0.29, 0.717) is 19.4 Å². The Kier molecular flexibility index (Phi) is 8.73. The number of aromatic nitrogens is 1. The van der Waals surface area contributed by atoms with E-state index in [1.165, 1.54) is 10.6 Å². The molecule has 1 aromatic heterocycles. The van der Waals surface area contributed by atoms with Crippen molar-refractivity contribution in [1.29, 1.82) is 0 Å². The van der Waals surface area contributed by atoms with Crippen LogP contribution < -0.4 is 16.1 Å². The zero-order valence-electron chi connectivity index (χ0n) is 24.4. The summed E-state index contributed by atoms with van der Waals surface area (Å²) in [6.07, 6.45) is 6.32. The van der Waals surface area contributed by atoms with Crippen molar-refractivity contribution in [3.8, 4) is 11.3 Å². The fourth-order valence-corrected chi connectivity index (χ4v) is 5.44. The SMILES string of the molecule is CC(C)[C@@H]1NC(=C2CC2)CCc2ccc(nc2)-c2cccc(c2)[C@@H](C)OC(=O)[C@@H]2CCCN(N2)C(=O)[C@H](C)NC1=O. The predicted molar refractivity (Wildman–Crippen MR) is 156 cm³/mol. The maximum atomic E-state index is 13.4. The minimum atomic E-state index is -0.756. The molecule has 1 saturated carbocycles. The van der Waals surface area contributed by atoms with Gasteiger partial charge in [0.25, 0.3) is 5.91 Å². The molecule has 6 bridgehead atoms. The number of hydrogen-bond acceptors (Lipinski definition) is 7. The minimum absolute atomic E-state index is 0.0168. The predicted octanol–water partition coefficient (Wildman–Crippen LogP) is 3.96. The summed E-state index contributed by atoms with van der Waals surface area (Å²) in [4.78, 5) is 44.6.